The molecular weight excluding hydrogens is 326 g/mol. The van der Waals surface area contributed by atoms with Crippen LogP contribution in [0.15, 0.2) is 46.4 Å². The molecule has 0 atom stereocenters. The average Bonchev–Trinajstić information content (AvgIpc) is 3.16. The monoisotopic (exact) mass is 335 g/mol. The first kappa shape index (κ1) is 14.6. The van der Waals surface area contributed by atoms with Gasteiger partial charge in [-0.05, 0) is 17.5 Å². The van der Waals surface area contributed by atoms with Crippen LogP contribution in [-0.4, -0.2) is 9.91 Å². The van der Waals surface area contributed by atoms with Crippen molar-refractivity contribution in [2.75, 3.05) is 5.32 Å². The Morgan fingerprint density at radius 2 is 2.27 bits per heavy atom. The average molecular weight is 336 g/mol. The first-order chi connectivity index (χ1) is 10.6. The number of thiophene rings is 1. The molecular formula is C14H10ClN3O3S. The number of hydrogen-bond donors (Lipinski definition) is 1. The Kier molecular flexibility index (Phi) is 4.08. The van der Waals surface area contributed by atoms with Gasteiger partial charge in [-0.1, -0.05) is 17.7 Å². The Balaban J connectivity index is 1.69. The van der Waals surface area contributed by atoms with Gasteiger partial charge in [-0.3, -0.25) is 10.1 Å². The van der Waals surface area contributed by atoms with Gasteiger partial charge in [-0.2, -0.15) is 0 Å². The highest BCUT2D eigenvalue weighted by Gasteiger charge is 2.11. The second kappa shape index (κ2) is 6.17. The van der Waals surface area contributed by atoms with E-state index in [2.05, 4.69) is 10.3 Å². The third-order valence-electron chi connectivity index (χ3n) is 2.91. The number of nitrogens with zero attached hydrogens (tertiary/aromatic N) is 2. The van der Waals surface area contributed by atoms with Gasteiger partial charge in [0.1, 0.15) is 6.26 Å². The van der Waals surface area contributed by atoms with Gasteiger partial charge < -0.3 is 9.73 Å². The molecule has 0 spiro atoms. The van der Waals surface area contributed by atoms with E-state index < -0.39 is 4.92 Å². The van der Waals surface area contributed by atoms with Crippen LogP contribution in [0.25, 0.3) is 10.8 Å². The number of halogens is 1. The van der Waals surface area contributed by atoms with Gasteiger partial charge in [-0.15, -0.1) is 11.3 Å². The zero-order valence-corrected chi connectivity index (χ0v) is 12.7. The summed E-state index contributed by atoms with van der Waals surface area (Å²) in [7, 11) is 0. The number of benzene rings is 1. The van der Waals surface area contributed by atoms with Gasteiger partial charge in [0.2, 0.25) is 5.89 Å². The van der Waals surface area contributed by atoms with Crippen molar-refractivity contribution in [2.45, 2.75) is 6.54 Å². The molecule has 112 valence electrons. The van der Waals surface area contributed by atoms with Gasteiger partial charge in [-0.25, -0.2) is 4.98 Å². The molecule has 0 aliphatic carbocycles. The first-order valence-electron chi connectivity index (χ1n) is 6.29. The standard InChI is InChI=1S/C14H10ClN3O3S/c15-11-6-10(18(19)20)3-4-12(11)16-7-9-8-21-14(17-9)13-2-1-5-22-13/h1-6,8,16H,7H2. The van der Waals surface area contributed by atoms with Crippen molar-refractivity contribution in [3.05, 3.63) is 62.8 Å². The molecule has 0 amide bonds. The summed E-state index contributed by atoms with van der Waals surface area (Å²) in [5.41, 5.74) is 1.28. The Labute approximate surface area is 134 Å². The Bertz CT molecular complexity index is 802. The lowest BCUT2D eigenvalue weighted by molar-refractivity contribution is -0.384. The van der Waals surface area contributed by atoms with E-state index in [0.29, 0.717) is 18.1 Å². The van der Waals surface area contributed by atoms with Crippen LogP contribution in [0.1, 0.15) is 5.69 Å². The molecule has 3 rings (SSSR count). The summed E-state index contributed by atoms with van der Waals surface area (Å²) < 4.78 is 5.42. The van der Waals surface area contributed by atoms with Crippen molar-refractivity contribution in [1.29, 1.82) is 0 Å². The summed E-state index contributed by atoms with van der Waals surface area (Å²) >= 11 is 7.57. The minimum atomic E-state index is -0.486. The Morgan fingerprint density at radius 3 is 2.95 bits per heavy atom. The maximum Gasteiger partial charge on any atom is 0.271 e. The molecule has 0 saturated carbocycles. The molecule has 0 fully saturated rings. The van der Waals surface area contributed by atoms with E-state index in [4.69, 9.17) is 16.0 Å². The van der Waals surface area contributed by atoms with Crippen molar-refractivity contribution in [2.24, 2.45) is 0 Å². The van der Waals surface area contributed by atoms with Crippen molar-refractivity contribution in [3.8, 4) is 10.8 Å². The lowest BCUT2D eigenvalue weighted by Gasteiger charge is -2.05. The molecule has 3 aromatic rings. The van der Waals surface area contributed by atoms with Crippen molar-refractivity contribution < 1.29 is 9.34 Å². The van der Waals surface area contributed by atoms with Gasteiger partial charge in [0.15, 0.2) is 0 Å². The third-order valence-corrected chi connectivity index (χ3v) is 4.08. The molecule has 2 aromatic heterocycles. The summed E-state index contributed by atoms with van der Waals surface area (Å²) in [6.07, 6.45) is 1.57. The van der Waals surface area contributed by atoms with Crippen LogP contribution < -0.4 is 5.32 Å². The smallest absolute Gasteiger partial charge is 0.271 e. The second-order valence-corrected chi connectivity index (χ2v) is 5.75. The van der Waals surface area contributed by atoms with E-state index in [0.717, 1.165) is 10.6 Å². The molecule has 1 N–H and O–H groups in total. The number of nitro benzene ring substituents is 1. The van der Waals surface area contributed by atoms with Crippen LogP contribution in [0.2, 0.25) is 5.02 Å². The van der Waals surface area contributed by atoms with Crippen LogP contribution in [-0.2, 0) is 6.54 Å². The summed E-state index contributed by atoms with van der Waals surface area (Å²) in [5, 5.41) is 16.0. The lowest BCUT2D eigenvalue weighted by Crippen LogP contribution is -2.00. The van der Waals surface area contributed by atoms with Gasteiger partial charge >= 0.3 is 0 Å². The molecule has 0 saturated heterocycles. The highest BCUT2D eigenvalue weighted by atomic mass is 35.5. The first-order valence-corrected chi connectivity index (χ1v) is 7.55. The number of nitrogens with one attached hydrogen (secondary N) is 1. The van der Waals surface area contributed by atoms with Crippen molar-refractivity contribution in [1.82, 2.24) is 4.98 Å². The van der Waals surface area contributed by atoms with E-state index in [1.54, 1.807) is 23.7 Å². The van der Waals surface area contributed by atoms with E-state index in [9.17, 15) is 10.1 Å². The van der Waals surface area contributed by atoms with Gasteiger partial charge in [0.05, 0.1) is 32.7 Å². The fourth-order valence-electron chi connectivity index (χ4n) is 1.85. The molecule has 1 aromatic carbocycles. The molecule has 0 bridgehead atoms. The highest BCUT2D eigenvalue weighted by molar-refractivity contribution is 7.13. The van der Waals surface area contributed by atoms with E-state index in [-0.39, 0.29) is 10.7 Å². The number of hydrogen-bond acceptors (Lipinski definition) is 6. The maximum absolute atomic E-state index is 10.7. The summed E-state index contributed by atoms with van der Waals surface area (Å²) in [6.45, 7) is 0.409. The minimum absolute atomic E-state index is 0.0445. The number of aromatic nitrogens is 1. The molecule has 0 unspecified atom stereocenters. The molecule has 0 aliphatic heterocycles. The van der Waals surface area contributed by atoms with Crippen LogP contribution in [0, 0.1) is 10.1 Å². The fraction of sp³-hybridized carbons (Fsp3) is 0.0714. The number of rotatable bonds is 5. The van der Waals surface area contributed by atoms with Gasteiger partial charge in [0, 0.05) is 12.1 Å². The van der Waals surface area contributed by atoms with E-state index in [1.807, 2.05) is 17.5 Å². The number of oxazole rings is 1. The minimum Gasteiger partial charge on any atom is -0.443 e. The quantitative estimate of drug-likeness (QED) is 0.545. The van der Waals surface area contributed by atoms with Crippen LogP contribution >= 0.6 is 22.9 Å². The molecule has 22 heavy (non-hydrogen) atoms. The Hall–Kier alpha value is -2.38. The van der Waals surface area contributed by atoms with Crippen LogP contribution in [0.4, 0.5) is 11.4 Å². The number of non-ortho nitro benzene ring substituents is 1. The predicted molar refractivity (Wildman–Crippen MR) is 85.2 cm³/mol. The van der Waals surface area contributed by atoms with Crippen LogP contribution in [0.3, 0.4) is 0 Å². The topological polar surface area (TPSA) is 81.2 Å². The summed E-state index contributed by atoms with van der Waals surface area (Å²) in [5.74, 6) is 0.571. The summed E-state index contributed by atoms with van der Waals surface area (Å²) in [4.78, 5) is 15.5. The highest BCUT2D eigenvalue weighted by Crippen LogP contribution is 2.28. The largest absolute Gasteiger partial charge is 0.443 e. The lowest BCUT2D eigenvalue weighted by atomic mass is 10.3. The molecule has 0 radical (unpaired) electrons. The molecule has 2 heterocycles. The SMILES string of the molecule is O=[N+]([O-])c1ccc(NCc2coc(-c3cccs3)n2)c(Cl)c1. The van der Waals surface area contributed by atoms with Crippen molar-refractivity contribution in [3.63, 3.8) is 0 Å². The van der Waals surface area contributed by atoms with E-state index >= 15 is 0 Å². The maximum atomic E-state index is 10.7. The fourth-order valence-corrected chi connectivity index (χ4v) is 2.75. The van der Waals surface area contributed by atoms with Crippen molar-refractivity contribution >= 4 is 34.3 Å². The van der Waals surface area contributed by atoms with Gasteiger partial charge in [0.25, 0.3) is 5.69 Å². The molecule has 8 heteroatoms. The van der Waals surface area contributed by atoms with E-state index in [1.165, 1.54) is 12.1 Å². The molecule has 0 aliphatic rings. The van der Waals surface area contributed by atoms with Crippen LogP contribution in [0.5, 0.6) is 0 Å². The third kappa shape index (κ3) is 3.10. The second-order valence-electron chi connectivity index (χ2n) is 4.40. The zero-order valence-electron chi connectivity index (χ0n) is 11.2. The number of nitro groups is 1. The molecule has 6 nitrogen and oxygen atoms in total. The number of anilines is 1. The zero-order chi connectivity index (χ0) is 15.5. The normalized spacial score (nSPS) is 10.6. The Morgan fingerprint density at radius 1 is 1.41 bits per heavy atom. The summed E-state index contributed by atoms with van der Waals surface area (Å²) in [6, 6.07) is 8.14. The predicted octanol–water partition coefficient (Wildman–Crippen LogP) is 4.58.